The molecule has 0 bridgehead atoms. The summed E-state index contributed by atoms with van der Waals surface area (Å²) in [6.45, 7) is 1.71. The van der Waals surface area contributed by atoms with Crippen molar-refractivity contribution in [2.75, 3.05) is 25.1 Å². The Balaban J connectivity index is 1.86. The lowest BCUT2D eigenvalue weighted by Crippen LogP contribution is -2.40. The van der Waals surface area contributed by atoms with Crippen molar-refractivity contribution < 1.29 is 4.79 Å². The van der Waals surface area contributed by atoms with Crippen LogP contribution in [0.15, 0.2) is 30.6 Å². The van der Waals surface area contributed by atoms with Crippen molar-refractivity contribution >= 4 is 28.7 Å². The number of likely N-dealkylation sites (tertiary alicyclic amines) is 1. The van der Waals surface area contributed by atoms with E-state index in [2.05, 4.69) is 16.2 Å². The second-order valence-electron chi connectivity index (χ2n) is 5.44. The number of thioether (sulfide) groups is 1. The Labute approximate surface area is 129 Å². The van der Waals surface area contributed by atoms with E-state index in [1.54, 1.807) is 12.4 Å². The Morgan fingerprint density at radius 1 is 1.38 bits per heavy atom. The molecule has 1 aliphatic rings. The molecule has 1 aromatic carbocycles. The molecule has 0 saturated carbocycles. The van der Waals surface area contributed by atoms with Crippen LogP contribution in [0.2, 0.25) is 0 Å². The van der Waals surface area contributed by atoms with Gasteiger partial charge in [0, 0.05) is 25.5 Å². The summed E-state index contributed by atoms with van der Waals surface area (Å²) in [5.41, 5.74) is 2.16. The Kier molecular flexibility index (Phi) is 4.39. The van der Waals surface area contributed by atoms with E-state index in [9.17, 15) is 4.79 Å². The van der Waals surface area contributed by atoms with E-state index in [-0.39, 0.29) is 5.91 Å². The van der Waals surface area contributed by atoms with E-state index >= 15 is 0 Å². The first-order valence-electron chi connectivity index (χ1n) is 7.27. The minimum Gasteiger partial charge on any atom is -0.338 e. The van der Waals surface area contributed by atoms with Gasteiger partial charge in [0.15, 0.2) is 0 Å². The molecule has 1 fully saturated rings. The van der Waals surface area contributed by atoms with Crippen LogP contribution in [0.1, 0.15) is 23.2 Å². The number of fused-ring (bicyclic) bond motifs is 1. The molecule has 1 unspecified atom stereocenters. The molecule has 5 heteroatoms. The number of hydrogen-bond donors (Lipinski definition) is 0. The van der Waals surface area contributed by atoms with Crippen LogP contribution >= 0.6 is 11.8 Å². The summed E-state index contributed by atoms with van der Waals surface area (Å²) in [7, 11) is 0. The van der Waals surface area contributed by atoms with Crippen LogP contribution in [0.25, 0.3) is 11.0 Å². The van der Waals surface area contributed by atoms with Gasteiger partial charge in [0.1, 0.15) is 5.52 Å². The molecule has 0 spiro atoms. The molecule has 1 saturated heterocycles. The maximum absolute atomic E-state index is 12.8. The van der Waals surface area contributed by atoms with Crippen LogP contribution in [0, 0.1) is 5.92 Å². The topological polar surface area (TPSA) is 46.1 Å². The molecule has 110 valence electrons. The highest BCUT2D eigenvalue weighted by atomic mass is 32.2. The average Bonchev–Trinajstić information content (AvgIpc) is 2.54. The highest BCUT2D eigenvalue weighted by Gasteiger charge is 2.25. The number of para-hydroxylation sites is 1. The summed E-state index contributed by atoms with van der Waals surface area (Å²) >= 11 is 1.86. The summed E-state index contributed by atoms with van der Waals surface area (Å²) in [5.74, 6) is 1.82. The third-order valence-corrected chi connectivity index (χ3v) is 4.74. The predicted octanol–water partition coefficient (Wildman–Crippen LogP) is 2.85. The zero-order valence-corrected chi connectivity index (χ0v) is 13.0. The normalized spacial score (nSPS) is 18.9. The molecule has 0 radical (unpaired) electrons. The van der Waals surface area contributed by atoms with Crippen LogP contribution in [0.3, 0.4) is 0 Å². The first kappa shape index (κ1) is 14.3. The zero-order chi connectivity index (χ0) is 14.7. The minimum atomic E-state index is 0.0897. The number of carbonyl (C=O) groups is 1. The molecule has 0 aliphatic carbocycles. The molecule has 1 atom stereocenters. The molecule has 1 aliphatic heterocycles. The molecular formula is C16H19N3OS. The highest BCUT2D eigenvalue weighted by molar-refractivity contribution is 7.98. The maximum Gasteiger partial charge on any atom is 0.256 e. The number of benzene rings is 1. The molecule has 3 rings (SSSR count). The third-order valence-electron chi connectivity index (χ3n) is 3.94. The quantitative estimate of drug-likeness (QED) is 0.874. The summed E-state index contributed by atoms with van der Waals surface area (Å²) < 4.78 is 0. The summed E-state index contributed by atoms with van der Waals surface area (Å²) in [6.07, 6.45) is 7.74. The first-order valence-corrected chi connectivity index (χ1v) is 8.67. The average molecular weight is 301 g/mol. The van der Waals surface area contributed by atoms with E-state index in [1.807, 2.05) is 34.9 Å². The van der Waals surface area contributed by atoms with Crippen molar-refractivity contribution in [1.29, 1.82) is 0 Å². The van der Waals surface area contributed by atoms with Crippen LogP contribution in [0.5, 0.6) is 0 Å². The zero-order valence-electron chi connectivity index (χ0n) is 12.2. The summed E-state index contributed by atoms with van der Waals surface area (Å²) in [5, 5.41) is 0. The van der Waals surface area contributed by atoms with E-state index in [1.165, 1.54) is 6.42 Å². The first-order chi connectivity index (χ1) is 10.3. The van der Waals surface area contributed by atoms with Crippen molar-refractivity contribution in [3.8, 4) is 0 Å². The van der Waals surface area contributed by atoms with E-state index in [4.69, 9.17) is 0 Å². The Morgan fingerprint density at radius 3 is 3.10 bits per heavy atom. The molecule has 2 aromatic rings. The van der Waals surface area contributed by atoms with Crippen LogP contribution in [0.4, 0.5) is 0 Å². The van der Waals surface area contributed by atoms with Gasteiger partial charge in [-0.3, -0.25) is 14.8 Å². The standard InChI is InChI=1S/C16H19N3OS/c1-21-11-12-4-3-9-19(10-12)16(20)13-5-2-6-14-15(13)18-8-7-17-14/h2,5-8,12H,3-4,9-11H2,1H3. The number of amides is 1. The number of hydrogen-bond acceptors (Lipinski definition) is 4. The van der Waals surface area contributed by atoms with Gasteiger partial charge in [0.2, 0.25) is 0 Å². The number of aromatic nitrogens is 2. The monoisotopic (exact) mass is 301 g/mol. The fourth-order valence-corrected chi connectivity index (χ4v) is 3.70. The summed E-state index contributed by atoms with van der Waals surface area (Å²) in [4.78, 5) is 23.4. The number of piperidine rings is 1. The Morgan fingerprint density at radius 2 is 2.24 bits per heavy atom. The fourth-order valence-electron chi connectivity index (χ4n) is 2.96. The molecule has 0 N–H and O–H groups in total. The van der Waals surface area contributed by atoms with Gasteiger partial charge in [-0.2, -0.15) is 11.8 Å². The summed E-state index contributed by atoms with van der Waals surface area (Å²) in [6, 6.07) is 5.64. The van der Waals surface area contributed by atoms with Gasteiger partial charge in [-0.05, 0) is 42.9 Å². The van der Waals surface area contributed by atoms with Crippen molar-refractivity contribution in [1.82, 2.24) is 14.9 Å². The lowest BCUT2D eigenvalue weighted by Gasteiger charge is -2.32. The fraction of sp³-hybridized carbons (Fsp3) is 0.438. The predicted molar refractivity (Wildman–Crippen MR) is 86.5 cm³/mol. The molecule has 1 aromatic heterocycles. The Hall–Kier alpha value is -1.62. The largest absolute Gasteiger partial charge is 0.338 e. The van der Waals surface area contributed by atoms with E-state index in [0.717, 1.165) is 30.8 Å². The van der Waals surface area contributed by atoms with Gasteiger partial charge >= 0.3 is 0 Å². The number of nitrogens with zero attached hydrogens (tertiary/aromatic N) is 3. The van der Waals surface area contributed by atoms with E-state index in [0.29, 0.717) is 17.0 Å². The third kappa shape index (κ3) is 3.02. The van der Waals surface area contributed by atoms with E-state index < -0.39 is 0 Å². The van der Waals surface area contributed by atoms with Gasteiger partial charge < -0.3 is 4.90 Å². The SMILES string of the molecule is CSCC1CCCN(C(=O)c2cccc3nccnc23)C1. The van der Waals surface area contributed by atoms with Crippen LogP contribution < -0.4 is 0 Å². The Bertz CT molecular complexity index is 639. The number of rotatable bonds is 3. The van der Waals surface area contributed by atoms with Crippen molar-refractivity contribution in [2.45, 2.75) is 12.8 Å². The van der Waals surface area contributed by atoms with Gasteiger partial charge in [0.05, 0.1) is 11.1 Å². The molecule has 21 heavy (non-hydrogen) atoms. The second kappa shape index (κ2) is 6.43. The molecule has 1 amide bonds. The van der Waals surface area contributed by atoms with Crippen LogP contribution in [-0.2, 0) is 0 Å². The molecule has 2 heterocycles. The van der Waals surface area contributed by atoms with Crippen LogP contribution in [-0.4, -0.2) is 45.9 Å². The molecule has 4 nitrogen and oxygen atoms in total. The lowest BCUT2D eigenvalue weighted by atomic mass is 9.99. The van der Waals surface area contributed by atoms with Gasteiger partial charge in [0.25, 0.3) is 5.91 Å². The van der Waals surface area contributed by atoms with Gasteiger partial charge in [-0.25, -0.2) is 0 Å². The number of carbonyl (C=O) groups excluding carboxylic acids is 1. The smallest absolute Gasteiger partial charge is 0.256 e. The lowest BCUT2D eigenvalue weighted by molar-refractivity contribution is 0.0687. The second-order valence-corrected chi connectivity index (χ2v) is 6.36. The van der Waals surface area contributed by atoms with Crippen molar-refractivity contribution in [3.63, 3.8) is 0 Å². The minimum absolute atomic E-state index is 0.0897. The van der Waals surface area contributed by atoms with Gasteiger partial charge in [-0.1, -0.05) is 6.07 Å². The van der Waals surface area contributed by atoms with Crippen molar-refractivity contribution in [2.24, 2.45) is 5.92 Å². The highest BCUT2D eigenvalue weighted by Crippen LogP contribution is 2.23. The van der Waals surface area contributed by atoms with Gasteiger partial charge in [-0.15, -0.1) is 0 Å². The van der Waals surface area contributed by atoms with Crippen molar-refractivity contribution in [3.05, 3.63) is 36.2 Å². The molecular weight excluding hydrogens is 282 g/mol. The maximum atomic E-state index is 12.8.